The standard InChI is InChI=1S/C17H23ClF3N3O2Si/c1-16(2,3)27(4,5)26-13(17(19,20)21)10-24-14(22-23-15(24)25)11-6-8-12(18)9-7-11/h6-9,13H,10H2,1-5H3,(H,23,25)/t13-/m0/s1. The second kappa shape index (κ2) is 7.44. The SMILES string of the molecule is CC(C)(C)[Si](C)(C)O[C@@H](Cn1c(-c2ccc(Cl)cc2)n[nH]c1=O)C(F)(F)F. The van der Waals surface area contributed by atoms with Crippen LogP contribution in [0.3, 0.4) is 0 Å². The van der Waals surface area contributed by atoms with Gasteiger partial charge in [0, 0.05) is 10.6 Å². The van der Waals surface area contributed by atoms with E-state index in [9.17, 15) is 18.0 Å². The zero-order valence-electron chi connectivity index (χ0n) is 15.8. The highest BCUT2D eigenvalue weighted by Gasteiger charge is 2.48. The Balaban J connectivity index is 2.41. The number of aromatic amines is 1. The number of rotatable bonds is 5. The quantitative estimate of drug-likeness (QED) is 0.702. The third-order valence-corrected chi connectivity index (χ3v) is 9.56. The molecule has 5 nitrogen and oxygen atoms in total. The maximum atomic E-state index is 13.7. The molecule has 1 aromatic carbocycles. The van der Waals surface area contributed by atoms with Crippen LogP contribution in [0.5, 0.6) is 0 Å². The first-order valence-electron chi connectivity index (χ1n) is 8.38. The van der Waals surface area contributed by atoms with Crippen LogP contribution in [0.4, 0.5) is 13.2 Å². The molecule has 2 aromatic rings. The second-order valence-electron chi connectivity index (χ2n) is 7.88. The zero-order valence-corrected chi connectivity index (χ0v) is 17.6. The number of H-pyrrole nitrogens is 1. The predicted molar refractivity (Wildman–Crippen MR) is 101 cm³/mol. The molecule has 0 aliphatic rings. The molecule has 2 rings (SSSR count). The summed E-state index contributed by atoms with van der Waals surface area (Å²) in [6, 6.07) is 6.33. The summed E-state index contributed by atoms with van der Waals surface area (Å²) in [6.45, 7) is 8.37. The van der Waals surface area contributed by atoms with Crippen molar-refractivity contribution in [3.05, 3.63) is 39.8 Å². The maximum Gasteiger partial charge on any atom is 0.415 e. The molecule has 0 amide bonds. The number of benzene rings is 1. The molecule has 10 heteroatoms. The van der Waals surface area contributed by atoms with Gasteiger partial charge in [-0.3, -0.25) is 4.57 Å². The van der Waals surface area contributed by atoms with Gasteiger partial charge in [0.1, 0.15) is 0 Å². The van der Waals surface area contributed by atoms with Crippen molar-refractivity contribution in [2.75, 3.05) is 0 Å². The fourth-order valence-electron chi connectivity index (χ4n) is 2.21. The maximum absolute atomic E-state index is 13.7. The van der Waals surface area contributed by atoms with E-state index in [1.807, 2.05) is 20.8 Å². The smallest absolute Gasteiger partial charge is 0.404 e. The van der Waals surface area contributed by atoms with E-state index >= 15 is 0 Å². The highest BCUT2D eigenvalue weighted by molar-refractivity contribution is 6.74. The van der Waals surface area contributed by atoms with Gasteiger partial charge >= 0.3 is 11.9 Å². The molecule has 150 valence electrons. The van der Waals surface area contributed by atoms with Crippen molar-refractivity contribution in [3.63, 3.8) is 0 Å². The van der Waals surface area contributed by atoms with Crippen LogP contribution in [-0.2, 0) is 11.0 Å². The average molecular weight is 422 g/mol. The summed E-state index contributed by atoms with van der Waals surface area (Å²) >= 11 is 5.84. The molecule has 0 unspecified atom stereocenters. The molecular formula is C17H23ClF3N3O2Si. The summed E-state index contributed by atoms with van der Waals surface area (Å²) in [4.78, 5) is 12.1. The van der Waals surface area contributed by atoms with Crippen molar-refractivity contribution in [2.24, 2.45) is 0 Å². The molecule has 27 heavy (non-hydrogen) atoms. The van der Waals surface area contributed by atoms with E-state index in [1.54, 1.807) is 37.4 Å². The van der Waals surface area contributed by atoms with Gasteiger partial charge in [-0.15, -0.1) is 0 Å². The number of aromatic nitrogens is 3. The summed E-state index contributed by atoms with van der Waals surface area (Å²) in [6.07, 6.45) is -6.73. The van der Waals surface area contributed by atoms with E-state index in [0.717, 1.165) is 4.57 Å². The monoisotopic (exact) mass is 421 g/mol. The van der Waals surface area contributed by atoms with Gasteiger partial charge in [0.25, 0.3) is 0 Å². The highest BCUT2D eigenvalue weighted by Crippen LogP contribution is 2.40. The largest absolute Gasteiger partial charge is 0.415 e. The Labute approximate surface area is 161 Å². The van der Waals surface area contributed by atoms with Crippen molar-refractivity contribution in [1.29, 1.82) is 0 Å². The fraction of sp³-hybridized carbons (Fsp3) is 0.529. The first kappa shape index (κ1) is 21.7. The van der Waals surface area contributed by atoms with Crippen LogP contribution >= 0.6 is 11.6 Å². The third kappa shape index (κ3) is 5.02. The van der Waals surface area contributed by atoms with Gasteiger partial charge in [-0.2, -0.15) is 18.3 Å². The predicted octanol–water partition coefficient (Wildman–Crippen LogP) is 4.84. The lowest BCUT2D eigenvalue weighted by Gasteiger charge is -2.39. The van der Waals surface area contributed by atoms with E-state index in [0.29, 0.717) is 10.6 Å². The Morgan fingerprint density at radius 3 is 2.26 bits per heavy atom. The Kier molecular flexibility index (Phi) is 5.98. The summed E-state index contributed by atoms with van der Waals surface area (Å²) in [7, 11) is -2.72. The van der Waals surface area contributed by atoms with E-state index in [4.69, 9.17) is 16.0 Å². The first-order valence-corrected chi connectivity index (χ1v) is 11.7. The van der Waals surface area contributed by atoms with Gasteiger partial charge in [0.2, 0.25) is 0 Å². The van der Waals surface area contributed by atoms with Gasteiger partial charge in [-0.05, 0) is 42.4 Å². The molecule has 0 saturated carbocycles. The van der Waals surface area contributed by atoms with Gasteiger partial charge in [0.15, 0.2) is 20.2 Å². The molecule has 1 heterocycles. The molecule has 0 aliphatic heterocycles. The van der Waals surface area contributed by atoms with Gasteiger partial charge < -0.3 is 4.43 Å². The fourth-order valence-corrected chi connectivity index (χ4v) is 3.61. The minimum absolute atomic E-state index is 0.102. The van der Waals surface area contributed by atoms with Crippen molar-refractivity contribution >= 4 is 19.9 Å². The molecule has 0 fully saturated rings. The summed E-state index contributed by atoms with van der Waals surface area (Å²) in [5.41, 5.74) is -0.251. The third-order valence-electron chi connectivity index (χ3n) is 4.82. The lowest BCUT2D eigenvalue weighted by molar-refractivity contribution is -0.202. The Hall–Kier alpha value is -1.58. The highest BCUT2D eigenvalue weighted by atomic mass is 35.5. The summed E-state index contributed by atoms with van der Waals surface area (Å²) < 4.78 is 47.6. The molecular weight excluding hydrogens is 399 g/mol. The average Bonchev–Trinajstić information content (AvgIpc) is 2.86. The molecule has 0 saturated heterocycles. The molecule has 0 spiro atoms. The van der Waals surface area contributed by atoms with E-state index in [2.05, 4.69) is 10.2 Å². The minimum Gasteiger partial charge on any atom is -0.404 e. The van der Waals surface area contributed by atoms with Crippen molar-refractivity contribution in [2.45, 2.75) is 57.7 Å². The molecule has 1 aromatic heterocycles. The molecule has 1 N–H and O–H groups in total. The second-order valence-corrected chi connectivity index (χ2v) is 13.1. The zero-order chi connectivity index (χ0) is 20.6. The minimum atomic E-state index is -4.62. The Morgan fingerprint density at radius 2 is 1.78 bits per heavy atom. The molecule has 0 radical (unpaired) electrons. The number of hydrogen-bond donors (Lipinski definition) is 1. The van der Waals surface area contributed by atoms with Gasteiger partial charge in [0.05, 0.1) is 6.54 Å². The van der Waals surface area contributed by atoms with Crippen LogP contribution in [0.15, 0.2) is 29.1 Å². The number of hydrogen-bond acceptors (Lipinski definition) is 3. The van der Waals surface area contributed by atoms with E-state index < -0.39 is 37.9 Å². The lowest BCUT2D eigenvalue weighted by Crippen LogP contribution is -2.50. The van der Waals surface area contributed by atoms with Crippen molar-refractivity contribution in [1.82, 2.24) is 14.8 Å². The normalized spacial score (nSPS) is 14.4. The van der Waals surface area contributed by atoms with Crippen LogP contribution < -0.4 is 5.69 Å². The van der Waals surface area contributed by atoms with Gasteiger partial charge in [-0.25, -0.2) is 9.89 Å². The topological polar surface area (TPSA) is 59.9 Å². The molecule has 0 aliphatic carbocycles. The van der Waals surface area contributed by atoms with Crippen LogP contribution in [0.1, 0.15) is 20.8 Å². The number of nitrogens with zero attached hydrogens (tertiary/aromatic N) is 2. The Bertz CT molecular complexity index is 839. The summed E-state index contributed by atoms with van der Waals surface area (Å²) in [5.74, 6) is 0.102. The number of halogens is 4. The number of nitrogens with one attached hydrogen (secondary N) is 1. The van der Waals surface area contributed by atoms with Crippen molar-refractivity contribution < 1.29 is 17.6 Å². The number of alkyl halides is 3. The van der Waals surface area contributed by atoms with Gasteiger partial charge in [-0.1, -0.05) is 32.4 Å². The van der Waals surface area contributed by atoms with Crippen LogP contribution in [0.25, 0.3) is 11.4 Å². The Morgan fingerprint density at radius 1 is 1.22 bits per heavy atom. The van der Waals surface area contributed by atoms with Crippen LogP contribution in [0.2, 0.25) is 23.2 Å². The summed E-state index contributed by atoms with van der Waals surface area (Å²) in [5, 5.41) is 6.14. The van der Waals surface area contributed by atoms with Crippen LogP contribution in [-0.4, -0.2) is 35.4 Å². The van der Waals surface area contributed by atoms with Crippen molar-refractivity contribution in [3.8, 4) is 11.4 Å². The lowest BCUT2D eigenvalue weighted by atomic mass is 10.2. The van der Waals surface area contributed by atoms with Crippen LogP contribution in [0, 0.1) is 0 Å². The first-order chi connectivity index (χ1) is 12.2. The van der Waals surface area contributed by atoms with E-state index in [-0.39, 0.29) is 5.82 Å². The molecule has 0 bridgehead atoms. The molecule has 1 atom stereocenters. The van der Waals surface area contributed by atoms with E-state index in [1.165, 1.54) is 0 Å².